The predicted octanol–water partition coefficient (Wildman–Crippen LogP) is 6.31. The molecule has 0 spiro atoms. The van der Waals surface area contributed by atoms with Crippen LogP contribution >= 0.6 is 23.2 Å². The Morgan fingerprint density at radius 1 is 1.10 bits per heavy atom. The van der Waals surface area contributed by atoms with Crippen LogP contribution in [0.3, 0.4) is 0 Å². The Hall–Kier alpha value is -2.72. The number of nitrogens with zero attached hydrogens (tertiary/aromatic N) is 3. The van der Waals surface area contributed by atoms with Crippen LogP contribution in [0.25, 0.3) is 16.9 Å². The van der Waals surface area contributed by atoms with Crippen molar-refractivity contribution < 1.29 is 23.6 Å². The Labute approximate surface area is 251 Å². The van der Waals surface area contributed by atoms with Gasteiger partial charge in [0.15, 0.2) is 5.69 Å². The molecular weight excluding hydrogens is 564 g/mol. The quantitative estimate of drug-likeness (QED) is 0.309. The molecule has 8 nitrogen and oxygen atoms in total. The van der Waals surface area contributed by atoms with Crippen LogP contribution in [-0.4, -0.2) is 58.6 Å². The zero-order chi connectivity index (χ0) is 30.1. The summed E-state index contributed by atoms with van der Waals surface area (Å²) in [5.74, 6) is 0.958. The SMILES string of the molecule is CCC(C)(C)N(C)C(=O)c1nn(-c2cc(Cl)cc(Cl)c2)c2c1COc1cc(OC)c(B3OC(C)(C)C(C)(C)O3)cc1-2. The van der Waals surface area contributed by atoms with E-state index >= 15 is 0 Å². The summed E-state index contributed by atoms with van der Waals surface area (Å²) in [4.78, 5) is 15.6. The maximum absolute atomic E-state index is 13.9. The molecule has 2 aromatic carbocycles. The molecule has 3 aromatic rings. The Kier molecular flexibility index (Phi) is 7.42. The second-order valence-electron chi connectivity index (χ2n) is 12.2. The van der Waals surface area contributed by atoms with E-state index in [-0.39, 0.29) is 18.1 Å². The topological polar surface area (TPSA) is 75.1 Å². The van der Waals surface area contributed by atoms with E-state index in [0.29, 0.717) is 49.6 Å². The zero-order valence-electron chi connectivity index (χ0n) is 25.0. The summed E-state index contributed by atoms with van der Waals surface area (Å²) in [5, 5.41) is 5.77. The second-order valence-corrected chi connectivity index (χ2v) is 13.1. The lowest BCUT2D eigenvalue weighted by Crippen LogP contribution is -2.45. The van der Waals surface area contributed by atoms with Crippen LogP contribution in [0.5, 0.6) is 11.5 Å². The fraction of sp³-hybridized carbons (Fsp3) is 0.467. The number of aromatic nitrogens is 2. The Morgan fingerprint density at radius 2 is 1.71 bits per heavy atom. The fourth-order valence-corrected chi connectivity index (χ4v) is 5.43. The smallest absolute Gasteiger partial charge is 0.497 e. The standard InChI is InChI=1S/C30H36BCl2N3O5/c1-10-28(2,3)35(8)27(37)25-21-16-39-23-15-24(38-9)22(31-40-29(4,5)30(6,7)41-31)14-20(23)26(21)36(34-25)19-12-17(32)11-18(33)13-19/h11-15H,10,16H2,1-9H3. The van der Waals surface area contributed by atoms with E-state index < -0.39 is 18.3 Å². The third-order valence-electron chi connectivity index (χ3n) is 8.82. The number of amides is 1. The number of carbonyl (C=O) groups is 1. The molecule has 0 bridgehead atoms. The van der Waals surface area contributed by atoms with Crippen LogP contribution in [0.15, 0.2) is 30.3 Å². The summed E-state index contributed by atoms with van der Waals surface area (Å²) in [6, 6.07) is 8.96. The number of carbonyl (C=O) groups excluding carboxylic acids is 1. The molecule has 218 valence electrons. The van der Waals surface area contributed by atoms with Crippen LogP contribution in [0.1, 0.15) is 70.9 Å². The van der Waals surface area contributed by atoms with Crippen molar-refractivity contribution >= 4 is 41.7 Å². The number of methoxy groups -OCH3 is 1. The van der Waals surface area contributed by atoms with E-state index in [1.165, 1.54) is 0 Å². The minimum Gasteiger partial charge on any atom is -0.497 e. The second kappa shape index (κ2) is 10.2. The monoisotopic (exact) mass is 599 g/mol. The predicted molar refractivity (Wildman–Crippen MR) is 162 cm³/mol. The summed E-state index contributed by atoms with van der Waals surface area (Å²) in [6.07, 6.45) is 0.776. The van der Waals surface area contributed by atoms with Gasteiger partial charge < -0.3 is 23.7 Å². The van der Waals surface area contributed by atoms with Gasteiger partial charge in [-0.25, -0.2) is 4.68 Å². The van der Waals surface area contributed by atoms with Crippen molar-refractivity contribution in [2.75, 3.05) is 14.2 Å². The average molecular weight is 600 g/mol. The van der Waals surface area contributed by atoms with Crippen LogP contribution in [0.2, 0.25) is 10.0 Å². The number of ether oxygens (including phenoxy) is 2. The first kappa shape index (κ1) is 29.8. The molecule has 0 radical (unpaired) electrons. The fourth-order valence-electron chi connectivity index (χ4n) is 4.92. The van der Waals surface area contributed by atoms with Gasteiger partial charge in [0.25, 0.3) is 5.91 Å². The van der Waals surface area contributed by atoms with Crippen molar-refractivity contribution in [2.24, 2.45) is 0 Å². The lowest BCUT2D eigenvalue weighted by Gasteiger charge is -2.34. The van der Waals surface area contributed by atoms with E-state index in [1.807, 2.05) is 53.7 Å². The van der Waals surface area contributed by atoms with Crippen molar-refractivity contribution in [3.05, 3.63) is 51.6 Å². The maximum Gasteiger partial charge on any atom is 0.498 e. The minimum absolute atomic E-state index is 0.150. The molecule has 2 aliphatic rings. The molecule has 0 saturated carbocycles. The first-order valence-corrected chi connectivity index (χ1v) is 14.4. The highest BCUT2D eigenvalue weighted by Crippen LogP contribution is 2.44. The maximum atomic E-state index is 13.9. The molecule has 1 amide bonds. The van der Waals surface area contributed by atoms with Crippen molar-refractivity contribution in [3.8, 4) is 28.4 Å². The number of hydrogen-bond donors (Lipinski definition) is 0. The number of benzene rings is 2. The summed E-state index contributed by atoms with van der Waals surface area (Å²) in [7, 11) is 2.72. The average Bonchev–Trinajstić information content (AvgIpc) is 3.40. The lowest BCUT2D eigenvalue weighted by atomic mass is 9.76. The van der Waals surface area contributed by atoms with Gasteiger partial charge in [-0.15, -0.1) is 0 Å². The Morgan fingerprint density at radius 3 is 2.27 bits per heavy atom. The number of rotatable bonds is 6. The van der Waals surface area contributed by atoms with Crippen molar-refractivity contribution in [1.82, 2.24) is 14.7 Å². The molecule has 3 heterocycles. The van der Waals surface area contributed by atoms with Crippen LogP contribution in [-0.2, 0) is 15.9 Å². The minimum atomic E-state index is -0.680. The van der Waals surface area contributed by atoms with E-state index in [0.717, 1.165) is 12.0 Å². The highest BCUT2D eigenvalue weighted by molar-refractivity contribution is 6.63. The normalized spacial score (nSPS) is 17.1. The third-order valence-corrected chi connectivity index (χ3v) is 9.26. The van der Waals surface area contributed by atoms with E-state index in [2.05, 4.69) is 6.92 Å². The third kappa shape index (κ3) is 5.01. The van der Waals surface area contributed by atoms with Crippen molar-refractivity contribution in [1.29, 1.82) is 0 Å². The molecule has 0 atom stereocenters. The molecule has 11 heteroatoms. The van der Waals surface area contributed by atoms with Gasteiger partial charge in [0, 0.05) is 45.3 Å². The molecule has 1 saturated heterocycles. The van der Waals surface area contributed by atoms with E-state index in [1.54, 1.807) is 41.9 Å². The van der Waals surface area contributed by atoms with Gasteiger partial charge in [0.1, 0.15) is 18.1 Å². The molecule has 0 unspecified atom stereocenters. The highest BCUT2D eigenvalue weighted by atomic mass is 35.5. The van der Waals surface area contributed by atoms with E-state index in [4.69, 9.17) is 47.1 Å². The van der Waals surface area contributed by atoms with Crippen LogP contribution in [0.4, 0.5) is 0 Å². The number of hydrogen-bond acceptors (Lipinski definition) is 6. The number of fused-ring (bicyclic) bond motifs is 3. The number of halogens is 2. The van der Waals surface area contributed by atoms with Crippen molar-refractivity contribution in [2.45, 2.75) is 78.2 Å². The first-order valence-electron chi connectivity index (χ1n) is 13.7. The molecule has 5 rings (SSSR count). The lowest BCUT2D eigenvalue weighted by molar-refractivity contribution is 0.00578. The zero-order valence-corrected chi connectivity index (χ0v) is 26.5. The largest absolute Gasteiger partial charge is 0.498 e. The summed E-state index contributed by atoms with van der Waals surface area (Å²) in [6.45, 7) is 14.3. The van der Waals surface area contributed by atoms with Gasteiger partial charge in [0.2, 0.25) is 0 Å². The molecule has 2 aliphatic heterocycles. The highest BCUT2D eigenvalue weighted by Gasteiger charge is 2.53. The summed E-state index contributed by atoms with van der Waals surface area (Å²) >= 11 is 12.8. The molecule has 0 N–H and O–H groups in total. The van der Waals surface area contributed by atoms with Gasteiger partial charge in [-0.3, -0.25) is 4.79 Å². The Balaban J connectivity index is 1.74. The van der Waals surface area contributed by atoms with Gasteiger partial charge >= 0.3 is 7.12 Å². The Bertz CT molecular complexity index is 1500. The first-order chi connectivity index (χ1) is 19.1. The summed E-state index contributed by atoms with van der Waals surface area (Å²) < 4.78 is 26.5. The molecule has 1 fully saturated rings. The summed E-state index contributed by atoms with van der Waals surface area (Å²) in [5.41, 5.74) is 2.25. The molecular formula is C30H36BCl2N3O5. The van der Waals surface area contributed by atoms with Crippen LogP contribution < -0.4 is 14.9 Å². The molecule has 41 heavy (non-hydrogen) atoms. The van der Waals surface area contributed by atoms with Crippen LogP contribution in [0, 0.1) is 0 Å². The van der Waals surface area contributed by atoms with Gasteiger partial charge in [-0.2, -0.15) is 5.10 Å². The van der Waals surface area contributed by atoms with Crippen molar-refractivity contribution in [3.63, 3.8) is 0 Å². The molecule has 1 aromatic heterocycles. The molecule has 0 aliphatic carbocycles. The van der Waals surface area contributed by atoms with Gasteiger partial charge in [-0.1, -0.05) is 30.1 Å². The van der Waals surface area contributed by atoms with Gasteiger partial charge in [0.05, 0.1) is 29.7 Å². The van der Waals surface area contributed by atoms with E-state index in [9.17, 15) is 4.79 Å². The van der Waals surface area contributed by atoms with Gasteiger partial charge in [-0.05, 0) is 72.2 Å².